The van der Waals surface area contributed by atoms with Gasteiger partial charge in [-0.1, -0.05) is 50.5 Å². The Bertz CT molecular complexity index is 1780. The fraction of sp³-hybridized carbons (Fsp3) is 0.818. The first-order chi connectivity index (χ1) is 28.6. The van der Waals surface area contributed by atoms with Gasteiger partial charge in [-0.05, 0) is 94.0 Å². The van der Waals surface area contributed by atoms with Crippen LogP contribution in [-0.2, 0) is 47.6 Å². The minimum absolute atomic E-state index is 0.0307. The van der Waals surface area contributed by atoms with Gasteiger partial charge in [0.05, 0.1) is 53.4 Å². The summed E-state index contributed by atoms with van der Waals surface area (Å²) in [6.07, 6.45) is -10.7. The Kier molecular flexibility index (Phi) is 17.3. The lowest BCUT2D eigenvalue weighted by Gasteiger charge is -2.49. The third-order valence-corrected chi connectivity index (χ3v) is 14.5. The molecule has 5 N–H and O–H groups in total. The summed E-state index contributed by atoms with van der Waals surface area (Å²) in [4.78, 5) is 16.1. The number of benzene rings is 1. The molecule has 3 aliphatic rings. The lowest BCUT2D eigenvalue weighted by Crippen LogP contribution is -2.61. The Morgan fingerprint density at radius 2 is 1.52 bits per heavy atom. The summed E-state index contributed by atoms with van der Waals surface area (Å²) in [5, 5.41) is 63.6. The highest BCUT2D eigenvalue weighted by molar-refractivity contribution is 7.86. The number of hydrogen-bond donors (Lipinski definition) is 5. The zero-order chi connectivity index (χ0) is 46.9. The van der Waals surface area contributed by atoms with Gasteiger partial charge in [0.1, 0.15) is 28.8 Å². The van der Waals surface area contributed by atoms with E-state index in [2.05, 4.69) is 5.16 Å². The van der Waals surface area contributed by atoms with Crippen LogP contribution in [0.4, 0.5) is 0 Å². The molecule has 62 heavy (non-hydrogen) atoms. The van der Waals surface area contributed by atoms with E-state index in [0.717, 1.165) is 5.56 Å². The first kappa shape index (κ1) is 52.3. The lowest BCUT2D eigenvalue weighted by molar-refractivity contribution is -0.317. The summed E-state index contributed by atoms with van der Waals surface area (Å²) in [6.45, 7) is 18.0. The Labute approximate surface area is 368 Å². The number of aryl methyl sites for hydroxylation is 1. The second-order valence-corrected chi connectivity index (χ2v) is 20.5. The van der Waals surface area contributed by atoms with Crippen molar-refractivity contribution in [2.24, 2.45) is 28.8 Å². The number of rotatable bonds is 10. The van der Waals surface area contributed by atoms with E-state index in [1.165, 1.54) is 40.0 Å². The summed E-state index contributed by atoms with van der Waals surface area (Å²) in [6, 6.07) is 5.58. The predicted molar refractivity (Wildman–Crippen MR) is 228 cm³/mol. The molecule has 0 saturated carbocycles. The molecule has 0 radical (unpaired) electrons. The summed E-state index contributed by atoms with van der Waals surface area (Å²) in [7, 11) is 0.647. The zero-order valence-electron chi connectivity index (χ0n) is 38.9. The Morgan fingerprint density at radius 3 is 2.08 bits per heavy atom. The number of nitrogens with zero attached hydrogens (tertiary/aromatic N) is 2. The molecule has 17 nitrogen and oxygen atoms in total. The average Bonchev–Trinajstić information content (AvgIpc) is 3.19. The monoisotopic (exact) mass is 902 g/mol. The molecule has 3 heterocycles. The fourth-order valence-corrected chi connectivity index (χ4v) is 10.2. The predicted octanol–water partition coefficient (Wildman–Crippen LogP) is 3.29. The van der Waals surface area contributed by atoms with Crippen molar-refractivity contribution in [1.82, 2.24) is 4.90 Å². The van der Waals surface area contributed by atoms with Gasteiger partial charge in [0.15, 0.2) is 12.6 Å². The van der Waals surface area contributed by atoms with Crippen LogP contribution >= 0.6 is 0 Å². The molecule has 1 aromatic rings. The molecule has 0 unspecified atom stereocenters. The van der Waals surface area contributed by atoms with Crippen LogP contribution in [0.5, 0.6) is 0 Å². The molecule has 0 spiro atoms. The smallest absolute Gasteiger partial charge is 0.358 e. The number of oxime groups is 1. The van der Waals surface area contributed by atoms with Crippen LogP contribution in [0.3, 0.4) is 0 Å². The molecular formula is C44H74N2O15S. The van der Waals surface area contributed by atoms with E-state index < -0.39 is 112 Å². The molecule has 356 valence electrons. The van der Waals surface area contributed by atoms with Crippen molar-refractivity contribution in [2.45, 2.75) is 191 Å². The van der Waals surface area contributed by atoms with Gasteiger partial charge in [-0.2, -0.15) is 8.42 Å². The standard InChI is InChI=1S/C44H74N2O15S/c1-15-32-44(11,52)37(48)26(5)34(45-61-62(53,54)30-18-16-23(2)17-19-30)24(3)21-42(9,51)39(60-41-35(47)31(46(12)13)20-25(4)56-41)27(6)36(28(7)40(50)58-32)59-33-22-43(10,55-14)38(49)29(8)57-33/h16-19,24-29,31-33,35-39,41,47-49,51-52H,15,20-22H2,1-14H3/b45-34+/t24-,25-,26+,27+,28-,29+,31+,32-,33+,35-,36+,37-,38+,39-,41+,42-,43-,44-/m1/s1. The molecule has 3 saturated heterocycles. The van der Waals surface area contributed by atoms with Crippen LogP contribution in [0.1, 0.15) is 100 Å². The number of hydrogen-bond acceptors (Lipinski definition) is 17. The molecule has 0 aromatic heterocycles. The van der Waals surface area contributed by atoms with E-state index in [0.29, 0.717) is 6.42 Å². The van der Waals surface area contributed by atoms with E-state index in [-0.39, 0.29) is 42.0 Å². The number of aliphatic hydroxyl groups excluding tert-OH is 3. The molecule has 18 heteroatoms. The van der Waals surface area contributed by atoms with Gasteiger partial charge in [-0.3, -0.25) is 9.08 Å². The van der Waals surface area contributed by atoms with E-state index in [1.54, 1.807) is 60.6 Å². The van der Waals surface area contributed by atoms with Crippen LogP contribution in [0.2, 0.25) is 0 Å². The third kappa shape index (κ3) is 11.5. The van der Waals surface area contributed by atoms with Gasteiger partial charge in [0, 0.05) is 37.3 Å². The van der Waals surface area contributed by atoms with Gasteiger partial charge in [0.25, 0.3) is 0 Å². The Morgan fingerprint density at radius 1 is 0.903 bits per heavy atom. The maximum Gasteiger partial charge on any atom is 0.358 e. The van der Waals surface area contributed by atoms with Crippen molar-refractivity contribution in [2.75, 3.05) is 21.2 Å². The van der Waals surface area contributed by atoms with Crippen molar-refractivity contribution >= 4 is 21.8 Å². The van der Waals surface area contributed by atoms with Gasteiger partial charge in [-0.15, -0.1) is 0 Å². The van der Waals surface area contributed by atoms with Crippen molar-refractivity contribution < 1.29 is 71.4 Å². The number of esters is 1. The van der Waals surface area contributed by atoms with Crippen molar-refractivity contribution in [3.63, 3.8) is 0 Å². The number of aliphatic hydroxyl groups is 5. The van der Waals surface area contributed by atoms with Gasteiger partial charge in [-0.25, -0.2) is 0 Å². The molecule has 0 aliphatic carbocycles. The largest absolute Gasteiger partial charge is 0.459 e. The molecule has 3 aliphatic heterocycles. The number of carbonyl (C=O) groups excluding carboxylic acids is 1. The molecular weight excluding hydrogens is 829 g/mol. The molecule has 0 amide bonds. The number of carbonyl (C=O) groups is 1. The second-order valence-electron chi connectivity index (χ2n) is 18.9. The summed E-state index contributed by atoms with van der Waals surface area (Å²) >= 11 is 0. The van der Waals surface area contributed by atoms with Crippen LogP contribution in [0.25, 0.3) is 0 Å². The quantitative estimate of drug-likeness (QED) is 0.168. The SMILES string of the molecule is CC[C@H]1OC(=O)[C@H](C)[C@@H](O[C@H]2C[C@@](C)(OC)[C@@H](O)[C@H](C)O2)[C@H](C)[C@@H](O[C@@H]2O[C@H](C)C[C@H](N(C)C)[C@H]2O)[C@](C)(O)C[C@@H](C)/C(=N\OS(=O)(=O)c2ccc(C)cc2)[C@H](C)[C@@H](O)[C@]1(C)O. The zero-order valence-corrected chi connectivity index (χ0v) is 39.7. The van der Waals surface area contributed by atoms with Crippen LogP contribution in [0, 0.1) is 30.6 Å². The van der Waals surface area contributed by atoms with Crippen molar-refractivity contribution in [3.05, 3.63) is 29.8 Å². The summed E-state index contributed by atoms with van der Waals surface area (Å²) in [5.41, 5.74) is -4.35. The van der Waals surface area contributed by atoms with Crippen LogP contribution in [0.15, 0.2) is 34.3 Å². The number of likely N-dealkylation sites (N-methyl/N-ethyl adjacent to an activating group) is 1. The van der Waals surface area contributed by atoms with Crippen molar-refractivity contribution in [1.29, 1.82) is 0 Å². The highest BCUT2D eigenvalue weighted by Crippen LogP contribution is 2.41. The molecule has 0 bridgehead atoms. The number of methoxy groups -OCH3 is 1. The Balaban J connectivity index is 1.91. The van der Waals surface area contributed by atoms with Crippen LogP contribution < -0.4 is 0 Å². The average molecular weight is 903 g/mol. The van der Waals surface area contributed by atoms with Crippen molar-refractivity contribution in [3.8, 4) is 0 Å². The molecule has 3 fully saturated rings. The van der Waals surface area contributed by atoms with E-state index in [4.69, 9.17) is 32.7 Å². The number of ether oxygens (including phenoxy) is 6. The van der Waals surface area contributed by atoms with E-state index in [1.807, 2.05) is 25.9 Å². The first-order valence-electron chi connectivity index (χ1n) is 21.7. The highest BCUT2D eigenvalue weighted by Gasteiger charge is 2.53. The Hall–Kier alpha value is -2.33. The maximum absolute atomic E-state index is 14.4. The normalized spacial score (nSPS) is 43.8. The molecule has 4 rings (SSSR count). The first-order valence-corrected chi connectivity index (χ1v) is 23.1. The van der Waals surface area contributed by atoms with Crippen LogP contribution in [-0.4, -0.2) is 156 Å². The van der Waals surface area contributed by atoms with E-state index in [9.17, 15) is 38.7 Å². The van der Waals surface area contributed by atoms with Gasteiger partial charge < -0.3 is 58.9 Å². The summed E-state index contributed by atoms with van der Waals surface area (Å²) in [5.74, 6) is -4.89. The maximum atomic E-state index is 14.4. The summed E-state index contributed by atoms with van der Waals surface area (Å²) < 4.78 is 69.8. The van der Waals surface area contributed by atoms with E-state index >= 15 is 0 Å². The van der Waals surface area contributed by atoms with Gasteiger partial charge >= 0.3 is 16.1 Å². The lowest BCUT2D eigenvalue weighted by atomic mass is 9.73. The highest BCUT2D eigenvalue weighted by atomic mass is 32.2. The molecule has 1 aromatic carbocycles. The second kappa shape index (κ2) is 20.5. The third-order valence-electron chi connectivity index (χ3n) is 13.4. The number of cyclic esters (lactones) is 1. The van der Waals surface area contributed by atoms with Gasteiger partial charge in [0.2, 0.25) is 0 Å². The minimum Gasteiger partial charge on any atom is -0.459 e. The topological polar surface area (TPSA) is 233 Å². The fourth-order valence-electron chi connectivity index (χ4n) is 9.43. The molecule has 18 atom stereocenters. The minimum atomic E-state index is -4.48.